The quantitative estimate of drug-likeness (QED) is 0.881. The third-order valence-corrected chi connectivity index (χ3v) is 5.40. The van der Waals surface area contributed by atoms with E-state index in [4.69, 9.17) is 0 Å². The Morgan fingerprint density at radius 3 is 2.73 bits per heavy atom. The van der Waals surface area contributed by atoms with Gasteiger partial charge in [0.05, 0.1) is 5.69 Å². The fourth-order valence-electron chi connectivity index (χ4n) is 2.92. The van der Waals surface area contributed by atoms with Crippen LogP contribution in [-0.4, -0.2) is 18.0 Å². The van der Waals surface area contributed by atoms with Crippen molar-refractivity contribution in [1.29, 1.82) is 0 Å². The van der Waals surface area contributed by atoms with Gasteiger partial charge in [-0.05, 0) is 13.0 Å². The zero-order valence-corrected chi connectivity index (χ0v) is 13.1. The molecule has 2 aromatic rings. The second kappa shape index (κ2) is 4.61. The van der Waals surface area contributed by atoms with Crippen molar-refractivity contribution in [2.45, 2.75) is 11.8 Å². The average molecular weight is 309 g/mol. The van der Waals surface area contributed by atoms with Crippen LogP contribution in [-0.2, 0) is 9.67 Å². The molecule has 1 N–H and O–H groups in total. The smallest absolute Gasteiger partial charge is 0.269 e. The van der Waals surface area contributed by atoms with Gasteiger partial charge in [0.2, 0.25) is 4.87 Å². The number of rotatable bonds is 1. The molecule has 0 radical (unpaired) electrons. The van der Waals surface area contributed by atoms with Crippen LogP contribution < -0.4 is 10.3 Å². The van der Waals surface area contributed by atoms with Gasteiger partial charge >= 0.3 is 0 Å². The van der Waals surface area contributed by atoms with E-state index in [1.807, 2.05) is 56.4 Å². The Bertz CT molecular complexity index is 803. The van der Waals surface area contributed by atoms with Gasteiger partial charge in [0, 0.05) is 18.2 Å². The highest BCUT2D eigenvalue weighted by molar-refractivity contribution is 8.16. The minimum Gasteiger partial charge on any atom is -0.312 e. The molecule has 0 saturated carbocycles. The molecule has 0 aromatic heterocycles. The Kier molecular flexibility index (Phi) is 2.81. The topological polar surface area (TPSA) is 44.7 Å². The van der Waals surface area contributed by atoms with Crippen molar-refractivity contribution in [2.24, 2.45) is 5.10 Å². The van der Waals surface area contributed by atoms with Crippen LogP contribution in [0.4, 0.5) is 5.69 Å². The van der Waals surface area contributed by atoms with Crippen molar-refractivity contribution in [3.8, 4) is 0 Å². The van der Waals surface area contributed by atoms with Gasteiger partial charge in [0.15, 0.2) is 0 Å². The first-order chi connectivity index (χ1) is 10.6. The van der Waals surface area contributed by atoms with E-state index >= 15 is 0 Å². The summed E-state index contributed by atoms with van der Waals surface area (Å²) in [6, 6.07) is 16.0. The molecular weight excluding hydrogens is 294 g/mol. The van der Waals surface area contributed by atoms with Crippen molar-refractivity contribution in [2.75, 3.05) is 11.9 Å². The van der Waals surface area contributed by atoms with Crippen LogP contribution in [0.5, 0.6) is 0 Å². The number of hydrogen-bond acceptors (Lipinski definition) is 4. The molecule has 4 nitrogen and oxygen atoms in total. The number of benzene rings is 2. The van der Waals surface area contributed by atoms with Gasteiger partial charge in [-0.1, -0.05) is 59.8 Å². The molecule has 2 heterocycles. The summed E-state index contributed by atoms with van der Waals surface area (Å²) in [7, 11) is 1.81. The number of hydrogen-bond donors (Lipinski definition) is 1. The Balaban J connectivity index is 1.79. The molecular formula is C17H15N3OS. The van der Waals surface area contributed by atoms with Crippen LogP contribution in [0, 0.1) is 6.92 Å². The van der Waals surface area contributed by atoms with Crippen LogP contribution in [0.2, 0.25) is 0 Å². The lowest BCUT2D eigenvalue weighted by atomic mass is 10.1. The summed E-state index contributed by atoms with van der Waals surface area (Å²) in [6.07, 6.45) is 0. The highest BCUT2D eigenvalue weighted by Crippen LogP contribution is 2.50. The summed E-state index contributed by atoms with van der Waals surface area (Å²) in [5.74, 6) is 0.0211. The first-order valence-electron chi connectivity index (χ1n) is 7.10. The fourth-order valence-corrected chi connectivity index (χ4v) is 4.14. The summed E-state index contributed by atoms with van der Waals surface area (Å²) in [5, 5.41) is 5.28. The van der Waals surface area contributed by atoms with Crippen LogP contribution in [0.15, 0.2) is 53.6 Å². The normalized spacial score (nSPS) is 22.7. The Hall–Kier alpha value is -2.27. The standard InChI is InChI=1S/C17H15N3OS/c1-11-8-9-14-13(10-11)17(16(21)20(14)2)19-18-15(22-17)12-6-4-3-5-7-12/h3-10,19H,1-2H3. The summed E-state index contributed by atoms with van der Waals surface area (Å²) in [6.45, 7) is 2.04. The minimum absolute atomic E-state index is 0.0211. The van der Waals surface area contributed by atoms with Crippen LogP contribution in [0.25, 0.3) is 0 Å². The zero-order valence-electron chi connectivity index (χ0n) is 12.3. The number of hydrazone groups is 1. The molecule has 2 aliphatic heterocycles. The molecule has 0 fully saturated rings. The van der Waals surface area contributed by atoms with Gasteiger partial charge < -0.3 is 4.90 Å². The van der Waals surface area contributed by atoms with Gasteiger partial charge in [-0.25, -0.2) is 0 Å². The van der Waals surface area contributed by atoms with Crippen molar-refractivity contribution in [3.05, 3.63) is 65.2 Å². The molecule has 2 aromatic carbocycles. The second-order valence-corrected chi connectivity index (χ2v) is 6.77. The van der Waals surface area contributed by atoms with E-state index in [1.54, 1.807) is 4.90 Å². The van der Waals surface area contributed by atoms with Gasteiger partial charge in [0.25, 0.3) is 5.91 Å². The number of carbonyl (C=O) groups excluding carboxylic acids is 1. The molecule has 0 saturated heterocycles. The molecule has 1 amide bonds. The largest absolute Gasteiger partial charge is 0.312 e. The molecule has 1 unspecified atom stereocenters. The summed E-state index contributed by atoms with van der Waals surface area (Å²) < 4.78 is 0. The van der Waals surface area contributed by atoms with E-state index in [0.717, 1.165) is 27.4 Å². The predicted octanol–water partition coefficient (Wildman–Crippen LogP) is 2.82. The van der Waals surface area contributed by atoms with Crippen LogP contribution in [0.3, 0.4) is 0 Å². The fraction of sp³-hybridized carbons (Fsp3) is 0.176. The van der Waals surface area contributed by atoms with Gasteiger partial charge in [-0.2, -0.15) is 5.10 Å². The number of anilines is 1. The molecule has 5 heteroatoms. The molecule has 1 atom stereocenters. The molecule has 0 bridgehead atoms. The zero-order chi connectivity index (χ0) is 15.3. The second-order valence-electron chi connectivity index (χ2n) is 5.56. The van der Waals surface area contributed by atoms with Crippen molar-refractivity contribution in [1.82, 2.24) is 5.43 Å². The maximum absolute atomic E-state index is 12.8. The molecule has 110 valence electrons. The minimum atomic E-state index is -0.832. The number of likely N-dealkylation sites (N-methyl/N-ethyl adjacent to an activating group) is 1. The highest BCUT2D eigenvalue weighted by atomic mass is 32.2. The number of amides is 1. The maximum atomic E-state index is 12.8. The third-order valence-electron chi connectivity index (χ3n) is 4.08. The Morgan fingerprint density at radius 2 is 1.95 bits per heavy atom. The molecule has 1 spiro atoms. The van der Waals surface area contributed by atoms with E-state index in [-0.39, 0.29) is 5.91 Å². The Labute approximate surface area is 133 Å². The lowest BCUT2D eigenvalue weighted by Crippen LogP contribution is -2.43. The predicted molar refractivity (Wildman–Crippen MR) is 90.0 cm³/mol. The van der Waals surface area contributed by atoms with Crippen LogP contribution in [0.1, 0.15) is 16.7 Å². The van der Waals surface area contributed by atoms with Crippen molar-refractivity contribution in [3.63, 3.8) is 0 Å². The Morgan fingerprint density at radius 1 is 1.18 bits per heavy atom. The lowest BCUT2D eigenvalue weighted by molar-refractivity contribution is -0.120. The van der Waals surface area contributed by atoms with E-state index in [0.29, 0.717) is 0 Å². The van der Waals surface area contributed by atoms with Gasteiger partial charge in [0.1, 0.15) is 5.04 Å². The van der Waals surface area contributed by atoms with Crippen molar-refractivity contribution < 1.29 is 4.79 Å². The van der Waals surface area contributed by atoms with Gasteiger partial charge in [-0.15, -0.1) is 0 Å². The SMILES string of the molecule is Cc1ccc2c(c1)C1(NN=C(c3ccccc3)S1)C(=O)N2C. The highest BCUT2D eigenvalue weighted by Gasteiger charge is 2.54. The number of fused-ring (bicyclic) bond motifs is 2. The number of nitrogens with zero attached hydrogens (tertiary/aromatic N) is 2. The van der Waals surface area contributed by atoms with E-state index in [2.05, 4.69) is 16.6 Å². The van der Waals surface area contributed by atoms with E-state index in [1.165, 1.54) is 11.8 Å². The number of aryl methyl sites for hydroxylation is 1. The lowest BCUT2D eigenvalue weighted by Gasteiger charge is -2.21. The summed E-state index contributed by atoms with van der Waals surface area (Å²) >= 11 is 1.48. The first-order valence-corrected chi connectivity index (χ1v) is 7.92. The van der Waals surface area contributed by atoms with Crippen molar-refractivity contribution >= 4 is 28.4 Å². The van der Waals surface area contributed by atoms with E-state index < -0.39 is 4.87 Å². The maximum Gasteiger partial charge on any atom is 0.269 e. The van der Waals surface area contributed by atoms with Gasteiger partial charge in [-0.3, -0.25) is 10.2 Å². The number of nitrogens with one attached hydrogen (secondary N) is 1. The molecule has 4 rings (SSSR count). The number of thioether (sulfide) groups is 1. The van der Waals surface area contributed by atoms with Crippen LogP contribution >= 0.6 is 11.8 Å². The number of carbonyl (C=O) groups is 1. The molecule has 2 aliphatic rings. The third kappa shape index (κ3) is 1.72. The summed E-state index contributed by atoms with van der Waals surface area (Å²) in [4.78, 5) is 13.7. The van der Waals surface area contributed by atoms with E-state index in [9.17, 15) is 4.79 Å². The monoisotopic (exact) mass is 309 g/mol. The average Bonchev–Trinajstić information content (AvgIpc) is 3.07. The molecule has 0 aliphatic carbocycles. The summed E-state index contributed by atoms with van der Waals surface area (Å²) in [5.41, 5.74) is 7.19. The molecule has 22 heavy (non-hydrogen) atoms. The first kappa shape index (κ1) is 13.4.